The number of aliphatic imine (C=N–C) groups is 1. The lowest BCUT2D eigenvalue weighted by atomic mass is 9.84. The zero-order chi connectivity index (χ0) is 19.5. The Kier molecular flexibility index (Phi) is 3.65. The van der Waals surface area contributed by atoms with Gasteiger partial charge >= 0.3 is 6.18 Å². The summed E-state index contributed by atoms with van der Waals surface area (Å²) in [5.41, 5.74) is -0.837. The zero-order valence-electron chi connectivity index (χ0n) is 14.5. The number of hydrogen-bond donors (Lipinski definition) is 0. The molecule has 0 aromatic heterocycles. The molecule has 0 bridgehead atoms. The summed E-state index contributed by atoms with van der Waals surface area (Å²) in [4.78, 5) is 17.3. The zero-order valence-corrected chi connectivity index (χ0v) is 14.5. The summed E-state index contributed by atoms with van der Waals surface area (Å²) >= 11 is 0. The van der Waals surface area contributed by atoms with E-state index in [1.807, 2.05) is 0 Å². The monoisotopic (exact) mass is 389 g/mol. The highest BCUT2D eigenvalue weighted by Gasteiger charge is 2.44. The van der Waals surface area contributed by atoms with Gasteiger partial charge in [0.05, 0.1) is 22.8 Å². The van der Waals surface area contributed by atoms with Crippen LogP contribution in [0.15, 0.2) is 40.9 Å². The molecule has 2 aromatic rings. The minimum atomic E-state index is -4.56. The summed E-state index contributed by atoms with van der Waals surface area (Å²) in [5, 5.41) is 1.22. The van der Waals surface area contributed by atoms with Crippen molar-refractivity contribution in [2.75, 3.05) is 19.9 Å². The third-order valence-corrected chi connectivity index (χ3v) is 5.13. The van der Waals surface area contributed by atoms with Gasteiger partial charge in [-0.2, -0.15) is 13.2 Å². The lowest BCUT2D eigenvalue weighted by Crippen LogP contribution is -2.39. The van der Waals surface area contributed by atoms with Gasteiger partial charge in [0.1, 0.15) is 12.4 Å². The number of allylic oxidation sites excluding steroid dienone is 1. The Morgan fingerprint density at radius 2 is 1.79 bits per heavy atom. The normalized spacial score (nSPS) is 21.1. The standard InChI is InChI=1S/C20H14F3NO4/c21-20(22,23)13-2-1-7-24-17(13)12-8-26-14-5-4-11-10(16(14)18(12)25)3-6-15-19(11)28-9-27-15/h2-6,12H,1,7-9H2. The Morgan fingerprint density at radius 1 is 1.00 bits per heavy atom. The van der Waals surface area contributed by atoms with Gasteiger partial charge in [0.2, 0.25) is 6.79 Å². The van der Waals surface area contributed by atoms with Gasteiger partial charge in [-0.05, 0) is 30.7 Å². The highest BCUT2D eigenvalue weighted by atomic mass is 19.4. The summed E-state index contributed by atoms with van der Waals surface area (Å²) < 4.78 is 56.8. The van der Waals surface area contributed by atoms with Gasteiger partial charge in [0.25, 0.3) is 0 Å². The second kappa shape index (κ2) is 5.98. The summed E-state index contributed by atoms with van der Waals surface area (Å²) in [6.07, 6.45) is -3.26. The number of Topliss-reactive ketones (excluding diaryl/α,β-unsaturated/α-hetero) is 1. The second-order valence-electron chi connectivity index (χ2n) is 6.73. The molecule has 0 aliphatic carbocycles. The van der Waals surface area contributed by atoms with Crippen LogP contribution in [0.3, 0.4) is 0 Å². The van der Waals surface area contributed by atoms with Crippen LogP contribution in [-0.4, -0.2) is 37.6 Å². The number of dihydropyridines is 1. The van der Waals surface area contributed by atoms with Crippen LogP contribution in [0.5, 0.6) is 17.2 Å². The molecule has 0 spiro atoms. The topological polar surface area (TPSA) is 57.1 Å². The Labute approximate surface area is 157 Å². The van der Waals surface area contributed by atoms with Crippen LogP contribution in [-0.2, 0) is 0 Å². The average Bonchev–Trinajstić information content (AvgIpc) is 3.16. The lowest BCUT2D eigenvalue weighted by molar-refractivity contribution is -0.0868. The number of carbonyl (C=O) groups is 1. The molecular weight excluding hydrogens is 375 g/mol. The number of alkyl halides is 3. The number of hydrogen-bond acceptors (Lipinski definition) is 5. The molecule has 0 saturated heterocycles. The van der Waals surface area contributed by atoms with E-state index in [1.165, 1.54) is 0 Å². The number of rotatable bonds is 1. The molecular formula is C20H14F3NO4. The minimum absolute atomic E-state index is 0.0785. The van der Waals surface area contributed by atoms with Crippen molar-refractivity contribution in [1.29, 1.82) is 0 Å². The molecule has 5 nitrogen and oxygen atoms in total. The number of ketones is 1. The fourth-order valence-electron chi connectivity index (χ4n) is 3.90. The molecule has 0 radical (unpaired) electrons. The summed E-state index contributed by atoms with van der Waals surface area (Å²) in [5.74, 6) is -0.104. The number of carbonyl (C=O) groups excluding carboxylic acids is 1. The predicted octanol–water partition coefficient (Wildman–Crippen LogP) is 4.09. The summed E-state index contributed by atoms with van der Waals surface area (Å²) in [6, 6.07) is 6.78. The molecule has 0 saturated carbocycles. The van der Waals surface area contributed by atoms with Crippen molar-refractivity contribution >= 4 is 22.3 Å². The van der Waals surface area contributed by atoms with E-state index in [-0.39, 0.29) is 37.6 Å². The fourth-order valence-corrected chi connectivity index (χ4v) is 3.90. The Balaban J connectivity index is 1.62. The van der Waals surface area contributed by atoms with E-state index in [0.29, 0.717) is 28.0 Å². The van der Waals surface area contributed by atoms with E-state index >= 15 is 0 Å². The minimum Gasteiger partial charge on any atom is -0.492 e. The van der Waals surface area contributed by atoms with Crippen LogP contribution in [0.1, 0.15) is 16.8 Å². The maximum atomic E-state index is 13.4. The highest BCUT2D eigenvalue weighted by molar-refractivity contribution is 6.24. The van der Waals surface area contributed by atoms with Gasteiger partial charge in [-0.25, -0.2) is 0 Å². The van der Waals surface area contributed by atoms with Crippen molar-refractivity contribution in [1.82, 2.24) is 0 Å². The molecule has 3 aliphatic rings. The molecule has 1 atom stereocenters. The van der Waals surface area contributed by atoms with Crippen molar-refractivity contribution in [3.63, 3.8) is 0 Å². The van der Waals surface area contributed by atoms with Crippen molar-refractivity contribution in [3.8, 4) is 17.2 Å². The van der Waals surface area contributed by atoms with E-state index in [9.17, 15) is 18.0 Å². The molecule has 0 amide bonds. The molecule has 8 heteroatoms. The molecule has 2 aromatic carbocycles. The van der Waals surface area contributed by atoms with Gasteiger partial charge in [0.15, 0.2) is 17.3 Å². The van der Waals surface area contributed by atoms with Crippen molar-refractivity contribution < 1.29 is 32.2 Å². The van der Waals surface area contributed by atoms with E-state index < -0.39 is 23.5 Å². The average molecular weight is 389 g/mol. The van der Waals surface area contributed by atoms with Crippen molar-refractivity contribution in [2.45, 2.75) is 12.6 Å². The Bertz CT molecular complexity index is 1070. The Morgan fingerprint density at radius 3 is 2.61 bits per heavy atom. The molecule has 5 rings (SSSR count). The van der Waals surface area contributed by atoms with Crippen LogP contribution in [0.25, 0.3) is 10.8 Å². The molecule has 1 unspecified atom stereocenters. The number of benzene rings is 2. The van der Waals surface area contributed by atoms with E-state index in [2.05, 4.69) is 4.99 Å². The first-order valence-electron chi connectivity index (χ1n) is 8.79. The Hall–Kier alpha value is -3.03. The van der Waals surface area contributed by atoms with Gasteiger partial charge in [0, 0.05) is 17.3 Å². The largest absolute Gasteiger partial charge is 0.492 e. The predicted molar refractivity (Wildman–Crippen MR) is 94.4 cm³/mol. The molecule has 0 N–H and O–H groups in total. The third-order valence-electron chi connectivity index (χ3n) is 5.13. The first-order chi connectivity index (χ1) is 13.4. The van der Waals surface area contributed by atoms with Crippen LogP contribution < -0.4 is 14.2 Å². The molecule has 144 valence electrons. The van der Waals surface area contributed by atoms with Crippen LogP contribution in [0.4, 0.5) is 13.2 Å². The fraction of sp³-hybridized carbons (Fsp3) is 0.300. The highest BCUT2D eigenvalue weighted by Crippen LogP contribution is 2.44. The van der Waals surface area contributed by atoms with Gasteiger partial charge in [-0.15, -0.1) is 0 Å². The van der Waals surface area contributed by atoms with Gasteiger partial charge in [-0.1, -0.05) is 6.08 Å². The van der Waals surface area contributed by atoms with Crippen molar-refractivity contribution in [3.05, 3.63) is 41.5 Å². The number of ether oxygens (including phenoxy) is 3. The molecule has 3 heterocycles. The maximum Gasteiger partial charge on any atom is 0.417 e. The van der Waals surface area contributed by atoms with E-state index in [1.54, 1.807) is 24.3 Å². The molecule has 3 aliphatic heterocycles. The van der Waals surface area contributed by atoms with Crippen LogP contribution >= 0.6 is 0 Å². The summed E-state index contributed by atoms with van der Waals surface area (Å²) in [6.45, 7) is 0.128. The van der Waals surface area contributed by atoms with Crippen molar-refractivity contribution in [2.24, 2.45) is 10.9 Å². The lowest BCUT2D eigenvalue weighted by Gasteiger charge is -2.29. The van der Waals surface area contributed by atoms with Crippen LogP contribution in [0.2, 0.25) is 0 Å². The quantitative estimate of drug-likeness (QED) is 0.737. The second-order valence-corrected chi connectivity index (χ2v) is 6.73. The smallest absolute Gasteiger partial charge is 0.417 e. The maximum absolute atomic E-state index is 13.4. The number of nitrogens with zero attached hydrogens (tertiary/aromatic N) is 1. The number of fused-ring (bicyclic) bond motifs is 5. The molecule has 0 fully saturated rings. The third kappa shape index (κ3) is 2.47. The van der Waals surface area contributed by atoms with Crippen LogP contribution in [0, 0.1) is 5.92 Å². The SMILES string of the molecule is O=C1c2c(ccc3c4c(ccc23)OCO4)OCC1C1=NCCC=C1C(F)(F)F. The first-order valence-corrected chi connectivity index (χ1v) is 8.79. The van der Waals surface area contributed by atoms with Gasteiger partial charge in [-0.3, -0.25) is 9.79 Å². The van der Waals surface area contributed by atoms with Gasteiger partial charge < -0.3 is 14.2 Å². The first kappa shape index (κ1) is 17.1. The van der Waals surface area contributed by atoms with E-state index in [0.717, 1.165) is 6.08 Å². The molecule has 28 heavy (non-hydrogen) atoms. The number of halogens is 3. The summed E-state index contributed by atoms with van der Waals surface area (Å²) in [7, 11) is 0. The van der Waals surface area contributed by atoms with E-state index in [4.69, 9.17) is 14.2 Å².